The number of hydrogen-bond donors (Lipinski definition) is 2. The molecule has 1 aliphatic rings. The van der Waals surface area contributed by atoms with E-state index in [1.165, 1.54) is 0 Å². The van der Waals surface area contributed by atoms with Crippen molar-refractivity contribution in [3.8, 4) is 0 Å². The molecule has 28 heavy (non-hydrogen) atoms. The van der Waals surface area contributed by atoms with Crippen LogP contribution in [0, 0.1) is 19.8 Å². The molecule has 1 aromatic heterocycles. The number of rotatable bonds is 6. The third-order valence-corrected chi connectivity index (χ3v) is 5.18. The Bertz CT molecular complexity index is 883. The molecule has 0 saturated carbocycles. The lowest BCUT2D eigenvalue weighted by molar-refractivity contribution is 0.0946. The summed E-state index contributed by atoms with van der Waals surface area (Å²) in [4.78, 5) is 30.1. The third kappa shape index (κ3) is 4.43. The molecule has 0 saturated heterocycles. The topological polar surface area (TPSA) is 76.0 Å². The Morgan fingerprint density at radius 1 is 1.18 bits per heavy atom. The summed E-state index contributed by atoms with van der Waals surface area (Å²) < 4.78 is 1.92. The molecule has 0 fully saturated rings. The number of imidazole rings is 1. The number of nitrogens with one attached hydrogen (secondary N) is 2. The number of benzene rings is 1. The van der Waals surface area contributed by atoms with Gasteiger partial charge in [-0.05, 0) is 62.6 Å². The van der Waals surface area contributed by atoms with Crippen LogP contribution in [-0.2, 0) is 13.0 Å². The predicted octanol–water partition coefficient (Wildman–Crippen LogP) is 3.86. The van der Waals surface area contributed by atoms with Crippen LogP contribution in [0.15, 0.2) is 18.2 Å². The quantitative estimate of drug-likeness (QED) is 0.796. The Morgan fingerprint density at radius 3 is 2.71 bits per heavy atom. The lowest BCUT2D eigenvalue weighted by Gasteiger charge is -2.17. The van der Waals surface area contributed by atoms with Crippen molar-refractivity contribution in [1.82, 2.24) is 14.9 Å². The van der Waals surface area contributed by atoms with Gasteiger partial charge in [0.2, 0.25) is 0 Å². The molecule has 1 aliphatic heterocycles. The number of aromatic nitrogens is 2. The summed E-state index contributed by atoms with van der Waals surface area (Å²) in [5.41, 5.74) is 4.13. The average molecular weight is 383 g/mol. The Balaban J connectivity index is 1.84. The zero-order chi connectivity index (χ0) is 20.3. The Labute approximate surface area is 166 Å². The summed E-state index contributed by atoms with van der Waals surface area (Å²) >= 11 is 0. The van der Waals surface area contributed by atoms with Gasteiger partial charge < -0.3 is 15.2 Å². The van der Waals surface area contributed by atoms with E-state index in [-0.39, 0.29) is 11.8 Å². The van der Waals surface area contributed by atoms with Gasteiger partial charge in [-0.2, -0.15) is 0 Å². The summed E-state index contributed by atoms with van der Waals surface area (Å²) in [6.07, 6.45) is 3.69. The van der Waals surface area contributed by atoms with Gasteiger partial charge in [0, 0.05) is 18.8 Å². The molecule has 0 atom stereocenters. The van der Waals surface area contributed by atoms with Crippen molar-refractivity contribution in [3.63, 3.8) is 0 Å². The van der Waals surface area contributed by atoms with E-state index >= 15 is 0 Å². The second-order valence-electron chi connectivity index (χ2n) is 8.05. The molecule has 6 nitrogen and oxygen atoms in total. The highest BCUT2D eigenvalue weighted by Crippen LogP contribution is 2.23. The fourth-order valence-corrected chi connectivity index (χ4v) is 3.51. The molecule has 2 heterocycles. The van der Waals surface area contributed by atoms with Crippen LogP contribution in [0.5, 0.6) is 0 Å². The zero-order valence-electron chi connectivity index (χ0n) is 17.3. The SMILES string of the molecule is Cc1ccc(C)c(NC(=O)c2nc(C(=O)NCCC(C)C)c3n2CCCC3)c1. The second kappa shape index (κ2) is 8.59. The first-order chi connectivity index (χ1) is 13.4. The van der Waals surface area contributed by atoms with E-state index in [1.807, 2.05) is 36.6 Å². The van der Waals surface area contributed by atoms with Gasteiger partial charge in [0.1, 0.15) is 5.69 Å². The molecule has 3 rings (SSSR count). The van der Waals surface area contributed by atoms with Gasteiger partial charge in [0.05, 0.1) is 5.69 Å². The number of carbonyl (C=O) groups is 2. The standard InChI is InChI=1S/C22H30N4O2/c1-14(2)10-11-23-21(27)19-18-7-5-6-12-26(18)20(25-19)22(28)24-17-13-15(3)8-9-16(17)4/h8-9,13-14H,5-7,10-12H2,1-4H3,(H,23,27)(H,24,28). The van der Waals surface area contributed by atoms with Crippen LogP contribution < -0.4 is 10.6 Å². The van der Waals surface area contributed by atoms with Crippen molar-refractivity contribution in [1.29, 1.82) is 0 Å². The van der Waals surface area contributed by atoms with Gasteiger partial charge in [-0.15, -0.1) is 0 Å². The molecule has 2 aromatic rings. The normalized spacial score (nSPS) is 13.3. The van der Waals surface area contributed by atoms with E-state index in [9.17, 15) is 9.59 Å². The van der Waals surface area contributed by atoms with Crippen LogP contribution in [-0.4, -0.2) is 27.9 Å². The molecule has 2 amide bonds. The van der Waals surface area contributed by atoms with Crippen LogP contribution in [0.3, 0.4) is 0 Å². The van der Waals surface area contributed by atoms with Crippen LogP contribution in [0.4, 0.5) is 5.69 Å². The molecule has 0 aliphatic carbocycles. The van der Waals surface area contributed by atoms with Crippen molar-refractivity contribution < 1.29 is 9.59 Å². The zero-order valence-corrected chi connectivity index (χ0v) is 17.3. The predicted molar refractivity (Wildman–Crippen MR) is 111 cm³/mol. The van der Waals surface area contributed by atoms with Crippen molar-refractivity contribution in [3.05, 3.63) is 46.5 Å². The number of hydrogen-bond acceptors (Lipinski definition) is 3. The maximum atomic E-state index is 13.0. The summed E-state index contributed by atoms with van der Waals surface area (Å²) in [5, 5.41) is 5.93. The van der Waals surface area contributed by atoms with Gasteiger partial charge in [-0.25, -0.2) is 4.98 Å². The number of fused-ring (bicyclic) bond motifs is 1. The van der Waals surface area contributed by atoms with E-state index in [2.05, 4.69) is 29.5 Å². The largest absolute Gasteiger partial charge is 0.351 e. The molecular formula is C22H30N4O2. The van der Waals surface area contributed by atoms with Crippen LogP contribution in [0.25, 0.3) is 0 Å². The van der Waals surface area contributed by atoms with Gasteiger partial charge in [-0.3, -0.25) is 9.59 Å². The maximum Gasteiger partial charge on any atom is 0.291 e. The van der Waals surface area contributed by atoms with E-state index in [4.69, 9.17) is 0 Å². The molecule has 0 spiro atoms. The summed E-state index contributed by atoms with van der Waals surface area (Å²) in [7, 11) is 0. The van der Waals surface area contributed by atoms with Gasteiger partial charge in [0.15, 0.2) is 5.82 Å². The van der Waals surface area contributed by atoms with Crippen LogP contribution in [0.1, 0.15) is 71.0 Å². The monoisotopic (exact) mass is 382 g/mol. The molecule has 0 radical (unpaired) electrons. The van der Waals surface area contributed by atoms with E-state index in [1.54, 1.807) is 0 Å². The molecular weight excluding hydrogens is 352 g/mol. The molecule has 1 aromatic carbocycles. The molecule has 0 bridgehead atoms. The smallest absolute Gasteiger partial charge is 0.291 e. The molecule has 0 unspecified atom stereocenters. The minimum Gasteiger partial charge on any atom is -0.351 e. The fraction of sp³-hybridized carbons (Fsp3) is 0.500. The van der Waals surface area contributed by atoms with Crippen molar-refractivity contribution in [2.75, 3.05) is 11.9 Å². The van der Waals surface area contributed by atoms with Gasteiger partial charge >= 0.3 is 0 Å². The lowest BCUT2D eigenvalue weighted by atomic mass is 10.1. The number of amides is 2. The number of aryl methyl sites for hydroxylation is 2. The van der Waals surface area contributed by atoms with E-state index in [0.29, 0.717) is 24.0 Å². The fourth-order valence-electron chi connectivity index (χ4n) is 3.51. The Kier molecular flexibility index (Phi) is 6.17. The lowest BCUT2D eigenvalue weighted by Crippen LogP contribution is -2.27. The van der Waals surface area contributed by atoms with Crippen molar-refractivity contribution >= 4 is 17.5 Å². The first-order valence-electron chi connectivity index (χ1n) is 10.1. The highest BCUT2D eigenvalue weighted by Gasteiger charge is 2.27. The Morgan fingerprint density at radius 2 is 1.96 bits per heavy atom. The Hall–Kier alpha value is -2.63. The molecule has 2 N–H and O–H groups in total. The maximum absolute atomic E-state index is 13.0. The highest BCUT2D eigenvalue weighted by molar-refractivity contribution is 6.04. The average Bonchev–Trinajstić information content (AvgIpc) is 3.04. The van der Waals surface area contributed by atoms with Gasteiger partial charge in [0.25, 0.3) is 11.8 Å². The van der Waals surface area contributed by atoms with Crippen molar-refractivity contribution in [2.45, 2.75) is 59.9 Å². The van der Waals surface area contributed by atoms with E-state index < -0.39 is 0 Å². The van der Waals surface area contributed by atoms with Crippen LogP contribution >= 0.6 is 0 Å². The first-order valence-corrected chi connectivity index (χ1v) is 10.1. The number of nitrogens with zero attached hydrogens (tertiary/aromatic N) is 2. The minimum absolute atomic E-state index is 0.183. The summed E-state index contributed by atoms with van der Waals surface area (Å²) in [6, 6.07) is 5.95. The first kappa shape index (κ1) is 20.1. The number of carbonyl (C=O) groups excluding carboxylic acids is 2. The minimum atomic E-state index is -0.266. The summed E-state index contributed by atoms with van der Waals surface area (Å²) in [5.74, 6) is 0.398. The van der Waals surface area contributed by atoms with Crippen LogP contribution in [0.2, 0.25) is 0 Å². The highest BCUT2D eigenvalue weighted by atomic mass is 16.2. The second-order valence-corrected chi connectivity index (χ2v) is 8.05. The van der Waals surface area contributed by atoms with E-state index in [0.717, 1.165) is 54.7 Å². The molecule has 6 heteroatoms. The number of anilines is 1. The molecule has 150 valence electrons. The van der Waals surface area contributed by atoms with Crippen molar-refractivity contribution in [2.24, 2.45) is 5.92 Å². The summed E-state index contributed by atoms with van der Waals surface area (Å²) in [6.45, 7) is 9.54. The third-order valence-electron chi connectivity index (χ3n) is 5.18. The van der Waals surface area contributed by atoms with Gasteiger partial charge in [-0.1, -0.05) is 26.0 Å².